The van der Waals surface area contributed by atoms with Crippen LogP contribution in [0.15, 0.2) is 48.5 Å². The molecule has 0 radical (unpaired) electrons. The Morgan fingerprint density at radius 3 is 2.65 bits per heavy atom. The van der Waals surface area contributed by atoms with Crippen LogP contribution in [0.1, 0.15) is 0 Å². The van der Waals surface area contributed by atoms with Gasteiger partial charge >= 0.3 is 6.03 Å². The number of hydrogen-bond donors (Lipinski definition) is 1. The molecule has 2 amide bonds. The topological polar surface area (TPSA) is 50.8 Å². The number of carbonyl (C=O) groups excluding carboxylic acids is 1. The van der Waals surface area contributed by atoms with E-state index in [9.17, 15) is 9.18 Å². The zero-order valence-corrected chi connectivity index (χ0v) is 12.7. The van der Waals surface area contributed by atoms with Crippen LogP contribution in [0.25, 0.3) is 0 Å². The molecule has 23 heavy (non-hydrogen) atoms. The highest BCUT2D eigenvalue weighted by Gasteiger charge is 2.23. The summed E-state index contributed by atoms with van der Waals surface area (Å²) in [7, 11) is 1.67. The Bertz CT molecular complexity index is 690. The summed E-state index contributed by atoms with van der Waals surface area (Å²) in [4.78, 5) is 13.6. The van der Waals surface area contributed by atoms with Crippen molar-refractivity contribution in [1.29, 1.82) is 0 Å². The smallest absolute Gasteiger partial charge is 0.321 e. The van der Waals surface area contributed by atoms with Crippen LogP contribution in [0.4, 0.5) is 14.9 Å². The number of nitrogens with one attached hydrogen (secondary N) is 1. The number of ether oxygens (including phenoxy) is 2. The predicted octanol–water partition coefficient (Wildman–Crippen LogP) is 3.13. The highest BCUT2D eigenvalue weighted by Crippen LogP contribution is 2.30. The summed E-state index contributed by atoms with van der Waals surface area (Å²) in [6.07, 6.45) is -0.242. The van der Waals surface area contributed by atoms with Crippen molar-refractivity contribution in [2.24, 2.45) is 0 Å². The van der Waals surface area contributed by atoms with Crippen molar-refractivity contribution in [3.8, 4) is 11.5 Å². The molecule has 0 aliphatic carbocycles. The monoisotopic (exact) mass is 316 g/mol. The number of fused-ring (bicyclic) bond motifs is 1. The number of carbonyl (C=O) groups is 1. The van der Waals surface area contributed by atoms with Gasteiger partial charge in [0.15, 0.2) is 17.6 Å². The first-order valence-corrected chi connectivity index (χ1v) is 7.28. The van der Waals surface area contributed by atoms with Gasteiger partial charge in [0.2, 0.25) is 0 Å². The van der Waals surface area contributed by atoms with Crippen LogP contribution in [0.5, 0.6) is 11.5 Å². The lowest BCUT2D eigenvalue weighted by molar-refractivity contribution is 0.0731. The molecular formula is C17H17FN2O3. The van der Waals surface area contributed by atoms with Gasteiger partial charge in [-0.05, 0) is 36.4 Å². The van der Waals surface area contributed by atoms with Gasteiger partial charge in [-0.3, -0.25) is 0 Å². The Morgan fingerprint density at radius 2 is 1.91 bits per heavy atom. The number of amides is 2. The Hall–Kier alpha value is -2.76. The minimum atomic E-state index is -0.345. The Morgan fingerprint density at radius 1 is 1.22 bits per heavy atom. The number of benzene rings is 2. The molecule has 0 spiro atoms. The largest absolute Gasteiger partial charge is 0.486 e. The maximum absolute atomic E-state index is 12.9. The van der Waals surface area contributed by atoms with Gasteiger partial charge < -0.3 is 19.7 Å². The summed E-state index contributed by atoms with van der Waals surface area (Å²) in [5, 5.41) is 2.70. The Kier molecular flexibility index (Phi) is 4.32. The van der Waals surface area contributed by atoms with E-state index in [0.29, 0.717) is 30.3 Å². The van der Waals surface area contributed by atoms with E-state index in [-0.39, 0.29) is 18.0 Å². The van der Waals surface area contributed by atoms with E-state index in [4.69, 9.17) is 9.47 Å². The molecule has 120 valence electrons. The number of rotatable bonds is 3. The van der Waals surface area contributed by atoms with E-state index in [0.717, 1.165) is 0 Å². The van der Waals surface area contributed by atoms with Gasteiger partial charge in [0.25, 0.3) is 0 Å². The number of likely N-dealkylation sites (N-methyl/N-ethyl adjacent to an activating group) is 1. The third-order valence-corrected chi connectivity index (χ3v) is 3.49. The number of para-hydroxylation sites is 2. The fourth-order valence-corrected chi connectivity index (χ4v) is 2.29. The van der Waals surface area contributed by atoms with Crippen molar-refractivity contribution in [2.45, 2.75) is 6.10 Å². The van der Waals surface area contributed by atoms with E-state index >= 15 is 0 Å². The lowest BCUT2D eigenvalue weighted by atomic mass is 10.2. The van der Waals surface area contributed by atoms with Gasteiger partial charge in [-0.2, -0.15) is 0 Å². The van der Waals surface area contributed by atoms with E-state index in [1.807, 2.05) is 24.3 Å². The van der Waals surface area contributed by atoms with Gasteiger partial charge in [-0.25, -0.2) is 9.18 Å². The summed E-state index contributed by atoms with van der Waals surface area (Å²) in [5.41, 5.74) is 0.536. The first-order chi connectivity index (χ1) is 11.1. The summed E-state index contributed by atoms with van der Waals surface area (Å²) in [6, 6.07) is 12.8. The van der Waals surface area contributed by atoms with E-state index < -0.39 is 0 Å². The summed E-state index contributed by atoms with van der Waals surface area (Å²) >= 11 is 0. The Labute approximate surface area is 133 Å². The first kappa shape index (κ1) is 15.1. The van der Waals surface area contributed by atoms with Gasteiger partial charge in [0, 0.05) is 12.7 Å². The molecule has 0 saturated heterocycles. The van der Waals surface area contributed by atoms with Crippen molar-refractivity contribution in [3.05, 3.63) is 54.3 Å². The van der Waals surface area contributed by atoms with Crippen LogP contribution < -0.4 is 14.8 Å². The zero-order chi connectivity index (χ0) is 16.2. The van der Waals surface area contributed by atoms with Crippen LogP contribution in [0.3, 0.4) is 0 Å². The number of hydrogen-bond acceptors (Lipinski definition) is 3. The molecule has 5 nitrogen and oxygen atoms in total. The fourth-order valence-electron chi connectivity index (χ4n) is 2.29. The van der Waals surface area contributed by atoms with E-state index in [1.54, 1.807) is 7.05 Å². The minimum absolute atomic E-state index is 0.242. The van der Waals surface area contributed by atoms with Gasteiger partial charge in [-0.1, -0.05) is 12.1 Å². The second-order valence-corrected chi connectivity index (χ2v) is 5.32. The lowest BCUT2D eigenvalue weighted by Gasteiger charge is -2.29. The zero-order valence-electron chi connectivity index (χ0n) is 12.7. The molecule has 1 N–H and O–H groups in total. The van der Waals surface area contributed by atoms with Gasteiger partial charge in [0.1, 0.15) is 12.4 Å². The SMILES string of the molecule is CN(CC1COc2ccccc2O1)C(=O)Nc1ccc(F)cc1. The van der Waals surface area contributed by atoms with Crippen molar-refractivity contribution < 1.29 is 18.7 Å². The van der Waals surface area contributed by atoms with E-state index in [2.05, 4.69) is 5.32 Å². The summed E-state index contributed by atoms with van der Waals surface area (Å²) in [5.74, 6) is 1.04. The molecule has 0 fully saturated rings. The van der Waals surface area contributed by atoms with Crippen LogP contribution in [-0.2, 0) is 0 Å². The minimum Gasteiger partial charge on any atom is -0.486 e. The highest BCUT2D eigenvalue weighted by molar-refractivity contribution is 5.89. The van der Waals surface area contributed by atoms with Gasteiger partial charge in [0.05, 0.1) is 6.54 Å². The van der Waals surface area contributed by atoms with Crippen LogP contribution >= 0.6 is 0 Å². The molecule has 1 unspecified atom stereocenters. The van der Waals surface area contributed by atoms with Crippen LogP contribution in [0.2, 0.25) is 0 Å². The lowest BCUT2D eigenvalue weighted by Crippen LogP contribution is -2.43. The molecule has 6 heteroatoms. The third-order valence-electron chi connectivity index (χ3n) is 3.49. The van der Waals surface area contributed by atoms with Crippen LogP contribution in [-0.4, -0.2) is 37.2 Å². The van der Waals surface area contributed by atoms with E-state index in [1.165, 1.54) is 29.2 Å². The number of nitrogens with zero attached hydrogens (tertiary/aromatic N) is 1. The molecule has 2 aromatic carbocycles. The Balaban J connectivity index is 1.56. The first-order valence-electron chi connectivity index (χ1n) is 7.28. The van der Waals surface area contributed by atoms with Crippen LogP contribution in [0, 0.1) is 5.82 Å². The highest BCUT2D eigenvalue weighted by atomic mass is 19.1. The summed E-state index contributed by atoms with van der Waals surface area (Å²) in [6.45, 7) is 0.756. The fraction of sp³-hybridized carbons (Fsp3) is 0.235. The molecule has 1 aliphatic heterocycles. The quantitative estimate of drug-likeness (QED) is 0.946. The summed E-state index contributed by atoms with van der Waals surface area (Å²) < 4.78 is 24.3. The average molecular weight is 316 g/mol. The number of halogens is 1. The standard InChI is InChI=1S/C17H17FN2O3/c1-20(17(21)19-13-8-6-12(18)7-9-13)10-14-11-22-15-4-2-3-5-16(15)23-14/h2-9,14H,10-11H2,1H3,(H,19,21). The normalized spacial score (nSPS) is 15.8. The maximum atomic E-state index is 12.9. The van der Waals surface area contributed by atoms with Crippen molar-refractivity contribution in [3.63, 3.8) is 0 Å². The molecule has 3 rings (SSSR count). The second-order valence-electron chi connectivity index (χ2n) is 5.32. The number of anilines is 1. The van der Waals surface area contributed by atoms with Crippen molar-refractivity contribution in [2.75, 3.05) is 25.5 Å². The third kappa shape index (κ3) is 3.71. The average Bonchev–Trinajstić information content (AvgIpc) is 2.56. The molecule has 1 aliphatic rings. The molecule has 0 saturated carbocycles. The van der Waals surface area contributed by atoms with Crippen molar-refractivity contribution in [1.82, 2.24) is 4.90 Å². The van der Waals surface area contributed by atoms with Crippen molar-refractivity contribution >= 4 is 11.7 Å². The second kappa shape index (κ2) is 6.56. The maximum Gasteiger partial charge on any atom is 0.321 e. The molecule has 1 atom stereocenters. The molecule has 0 aromatic heterocycles. The van der Waals surface area contributed by atoms with Gasteiger partial charge in [-0.15, -0.1) is 0 Å². The number of urea groups is 1. The molecule has 1 heterocycles. The molecular weight excluding hydrogens is 299 g/mol. The molecule has 0 bridgehead atoms. The predicted molar refractivity (Wildman–Crippen MR) is 84.4 cm³/mol. The molecule has 2 aromatic rings.